The topological polar surface area (TPSA) is 72.4 Å². The number of nitrogens with zero attached hydrogens (tertiary/aromatic N) is 3. The highest BCUT2D eigenvalue weighted by Crippen LogP contribution is 2.20. The zero-order valence-electron chi connectivity index (χ0n) is 13.7. The van der Waals surface area contributed by atoms with Crippen molar-refractivity contribution >= 4 is 5.91 Å². The van der Waals surface area contributed by atoms with Crippen LogP contribution in [0.3, 0.4) is 0 Å². The van der Waals surface area contributed by atoms with Gasteiger partial charge in [0.05, 0.1) is 12.3 Å². The first kappa shape index (κ1) is 16.0. The van der Waals surface area contributed by atoms with E-state index in [4.69, 9.17) is 8.94 Å². The molecule has 6 heteroatoms. The van der Waals surface area contributed by atoms with Crippen LogP contribution in [0.2, 0.25) is 0 Å². The minimum Gasteiger partial charge on any atom is -0.461 e. The minimum atomic E-state index is 0.0139. The first-order valence-electron chi connectivity index (χ1n) is 7.82. The van der Waals surface area contributed by atoms with Crippen molar-refractivity contribution in [1.29, 1.82) is 0 Å². The fourth-order valence-corrected chi connectivity index (χ4v) is 2.42. The SMILES string of the molecule is C[C@H](c1ccccc1)N(C)C(=O)CCc1nc(-c2ccco2)no1. The number of furan rings is 1. The van der Waals surface area contributed by atoms with Gasteiger partial charge in [0.15, 0.2) is 5.76 Å². The molecule has 3 aromatic rings. The predicted octanol–water partition coefficient (Wildman–Crippen LogP) is 3.48. The summed E-state index contributed by atoms with van der Waals surface area (Å²) in [5.41, 5.74) is 1.10. The van der Waals surface area contributed by atoms with Gasteiger partial charge in [-0.1, -0.05) is 35.5 Å². The molecule has 0 fully saturated rings. The van der Waals surface area contributed by atoms with Gasteiger partial charge < -0.3 is 13.8 Å². The standard InChI is InChI=1S/C18H19N3O3/c1-13(14-7-4-3-5-8-14)21(2)17(22)11-10-16-19-18(20-24-16)15-9-6-12-23-15/h3-9,12-13H,10-11H2,1-2H3/t13-/m1/s1. The van der Waals surface area contributed by atoms with Crippen molar-refractivity contribution in [2.75, 3.05) is 7.05 Å². The van der Waals surface area contributed by atoms with E-state index in [-0.39, 0.29) is 11.9 Å². The van der Waals surface area contributed by atoms with Crippen LogP contribution in [-0.4, -0.2) is 28.0 Å². The van der Waals surface area contributed by atoms with E-state index < -0.39 is 0 Å². The third kappa shape index (κ3) is 3.53. The summed E-state index contributed by atoms with van der Waals surface area (Å²) >= 11 is 0. The smallest absolute Gasteiger partial charge is 0.238 e. The molecule has 1 aromatic carbocycles. The van der Waals surface area contributed by atoms with Crippen molar-refractivity contribution in [1.82, 2.24) is 15.0 Å². The van der Waals surface area contributed by atoms with Gasteiger partial charge in [-0.3, -0.25) is 4.79 Å². The number of carbonyl (C=O) groups excluding carboxylic acids is 1. The maximum atomic E-state index is 12.4. The van der Waals surface area contributed by atoms with Crippen LogP contribution in [0.1, 0.15) is 30.8 Å². The summed E-state index contributed by atoms with van der Waals surface area (Å²) in [5, 5.41) is 3.86. The lowest BCUT2D eigenvalue weighted by Crippen LogP contribution is -2.29. The van der Waals surface area contributed by atoms with Crippen molar-refractivity contribution in [3.8, 4) is 11.6 Å². The Morgan fingerprint density at radius 2 is 2.00 bits per heavy atom. The molecule has 0 saturated heterocycles. The third-order valence-electron chi connectivity index (χ3n) is 4.02. The summed E-state index contributed by atoms with van der Waals surface area (Å²) in [6.07, 6.45) is 2.26. The number of rotatable bonds is 6. The van der Waals surface area contributed by atoms with E-state index in [9.17, 15) is 4.79 Å². The van der Waals surface area contributed by atoms with Gasteiger partial charge in [0.1, 0.15) is 0 Å². The molecule has 0 radical (unpaired) electrons. The number of amides is 1. The molecular weight excluding hydrogens is 306 g/mol. The molecule has 0 spiro atoms. The molecule has 0 aliphatic carbocycles. The summed E-state index contributed by atoms with van der Waals surface area (Å²) in [6, 6.07) is 13.5. The molecule has 6 nitrogen and oxygen atoms in total. The van der Waals surface area contributed by atoms with Crippen LogP contribution in [0.5, 0.6) is 0 Å². The molecule has 2 aromatic heterocycles. The summed E-state index contributed by atoms with van der Waals surface area (Å²) in [5.74, 6) is 1.40. The first-order valence-corrected chi connectivity index (χ1v) is 7.82. The second kappa shape index (κ2) is 7.12. The lowest BCUT2D eigenvalue weighted by Gasteiger charge is -2.25. The number of hydrogen-bond donors (Lipinski definition) is 0. The quantitative estimate of drug-likeness (QED) is 0.694. The van der Waals surface area contributed by atoms with E-state index in [0.717, 1.165) is 5.56 Å². The molecule has 24 heavy (non-hydrogen) atoms. The fraction of sp³-hybridized carbons (Fsp3) is 0.278. The average Bonchev–Trinajstić information content (AvgIpc) is 3.30. The molecule has 1 atom stereocenters. The lowest BCUT2D eigenvalue weighted by atomic mass is 10.1. The fourth-order valence-electron chi connectivity index (χ4n) is 2.42. The van der Waals surface area contributed by atoms with E-state index in [1.54, 1.807) is 23.3 Å². The normalized spacial score (nSPS) is 12.1. The molecule has 3 rings (SSSR count). The van der Waals surface area contributed by atoms with E-state index in [0.29, 0.717) is 30.3 Å². The summed E-state index contributed by atoms with van der Waals surface area (Å²) in [7, 11) is 1.81. The van der Waals surface area contributed by atoms with Gasteiger partial charge in [-0.15, -0.1) is 0 Å². The number of aromatic nitrogens is 2. The molecular formula is C18H19N3O3. The zero-order chi connectivity index (χ0) is 16.9. The van der Waals surface area contributed by atoms with Crippen LogP contribution in [0, 0.1) is 0 Å². The molecule has 0 saturated carbocycles. The van der Waals surface area contributed by atoms with E-state index in [1.807, 2.05) is 44.3 Å². The van der Waals surface area contributed by atoms with Crippen molar-refractivity contribution in [3.63, 3.8) is 0 Å². The second-order valence-corrected chi connectivity index (χ2v) is 5.58. The largest absolute Gasteiger partial charge is 0.461 e. The van der Waals surface area contributed by atoms with Gasteiger partial charge in [-0.25, -0.2) is 0 Å². The van der Waals surface area contributed by atoms with Crippen LogP contribution >= 0.6 is 0 Å². The Kier molecular flexibility index (Phi) is 4.74. The van der Waals surface area contributed by atoms with Crippen molar-refractivity contribution in [2.24, 2.45) is 0 Å². The van der Waals surface area contributed by atoms with Crippen LogP contribution < -0.4 is 0 Å². The Morgan fingerprint density at radius 3 is 2.71 bits per heavy atom. The van der Waals surface area contributed by atoms with Crippen molar-refractivity contribution in [2.45, 2.75) is 25.8 Å². The summed E-state index contributed by atoms with van der Waals surface area (Å²) < 4.78 is 10.4. The second-order valence-electron chi connectivity index (χ2n) is 5.58. The Hall–Kier alpha value is -2.89. The van der Waals surface area contributed by atoms with Crippen LogP contribution in [0.15, 0.2) is 57.7 Å². The molecule has 0 aliphatic heterocycles. The summed E-state index contributed by atoms with van der Waals surface area (Å²) in [4.78, 5) is 18.4. The van der Waals surface area contributed by atoms with Gasteiger partial charge in [0, 0.05) is 19.9 Å². The highest BCUT2D eigenvalue weighted by molar-refractivity contribution is 5.76. The number of carbonyl (C=O) groups is 1. The monoisotopic (exact) mass is 325 g/mol. The van der Waals surface area contributed by atoms with Crippen LogP contribution in [0.4, 0.5) is 0 Å². The molecule has 0 unspecified atom stereocenters. The number of benzene rings is 1. The zero-order valence-corrected chi connectivity index (χ0v) is 13.7. The van der Waals surface area contributed by atoms with Gasteiger partial charge in [-0.2, -0.15) is 4.98 Å². The van der Waals surface area contributed by atoms with Crippen LogP contribution in [-0.2, 0) is 11.2 Å². The molecule has 0 aliphatic rings. The maximum absolute atomic E-state index is 12.4. The Labute approximate surface area is 140 Å². The maximum Gasteiger partial charge on any atom is 0.238 e. The van der Waals surface area contributed by atoms with Gasteiger partial charge in [-0.05, 0) is 24.6 Å². The first-order chi connectivity index (χ1) is 11.6. The van der Waals surface area contributed by atoms with Gasteiger partial charge >= 0.3 is 0 Å². The van der Waals surface area contributed by atoms with Gasteiger partial charge in [0.2, 0.25) is 17.6 Å². The third-order valence-corrected chi connectivity index (χ3v) is 4.02. The number of aryl methyl sites for hydroxylation is 1. The molecule has 1 amide bonds. The highest BCUT2D eigenvalue weighted by Gasteiger charge is 2.18. The lowest BCUT2D eigenvalue weighted by molar-refractivity contribution is -0.131. The van der Waals surface area contributed by atoms with Crippen LogP contribution in [0.25, 0.3) is 11.6 Å². The molecule has 2 heterocycles. The van der Waals surface area contributed by atoms with E-state index in [2.05, 4.69) is 10.1 Å². The number of hydrogen-bond acceptors (Lipinski definition) is 5. The van der Waals surface area contributed by atoms with E-state index >= 15 is 0 Å². The Bertz CT molecular complexity index is 781. The van der Waals surface area contributed by atoms with Crippen molar-refractivity contribution < 1.29 is 13.7 Å². The highest BCUT2D eigenvalue weighted by atomic mass is 16.5. The minimum absolute atomic E-state index is 0.0139. The summed E-state index contributed by atoms with van der Waals surface area (Å²) in [6.45, 7) is 2.01. The Balaban J connectivity index is 1.57. The van der Waals surface area contributed by atoms with Gasteiger partial charge in [0.25, 0.3) is 0 Å². The predicted molar refractivity (Wildman–Crippen MR) is 87.9 cm³/mol. The van der Waals surface area contributed by atoms with Crippen molar-refractivity contribution in [3.05, 3.63) is 60.2 Å². The molecule has 0 bridgehead atoms. The Morgan fingerprint density at radius 1 is 1.21 bits per heavy atom. The molecule has 0 N–H and O–H groups in total. The average molecular weight is 325 g/mol. The molecule has 124 valence electrons. The van der Waals surface area contributed by atoms with E-state index in [1.165, 1.54) is 0 Å².